The summed E-state index contributed by atoms with van der Waals surface area (Å²) in [6.45, 7) is 18.8. The fourth-order valence-electron chi connectivity index (χ4n) is 14.2. The quantitative estimate of drug-likeness (QED) is 0.274. The molecule has 51 heavy (non-hydrogen) atoms. The molecule has 10 atom stereocenters. The molecule has 1 heterocycles. The molecule has 1 aliphatic heterocycles. The van der Waals surface area contributed by atoms with Gasteiger partial charge in [0.2, 0.25) is 0 Å². The average molecular weight is 722 g/mol. The van der Waals surface area contributed by atoms with Gasteiger partial charge in [-0.3, -0.25) is 0 Å². The van der Waals surface area contributed by atoms with Crippen LogP contribution in [0.3, 0.4) is 0 Å². The molecule has 4 saturated carbocycles. The second-order valence-electron chi connectivity index (χ2n) is 19.2. The van der Waals surface area contributed by atoms with Gasteiger partial charge in [0.25, 0.3) is 0 Å². The number of hydrogen-bond acceptors (Lipinski definition) is 7. The molecule has 0 spiro atoms. The number of carbonyl (C=O) groups is 1. The Hall–Kier alpha value is -1.74. The van der Waals surface area contributed by atoms with Crippen LogP contribution in [-0.4, -0.2) is 82.7 Å². The van der Waals surface area contributed by atoms with Crippen LogP contribution >= 0.6 is 0 Å². The minimum Gasteiger partial charge on any atom is -0.465 e. The SMILES string of the molecule is CNC(C)[C@@H]1CC[C@]2(NCCN3CCS(=O)(=O)CC3)CC[C@]3(C)[C@H](CC[C@@H]4[C@@]5(C)CC=C(c6ccc(C(=O)OC)cc6)C(C)(C)[C@@H]5CC[C@]43C)[C@@H]12. The number of methoxy groups -OCH3 is 1. The third-order valence-corrected chi connectivity index (χ3v) is 18.7. The zero-order valence-corrected chi connectivity index (χ0v) is 33.8. The lowest BCUT2D eigenvalue weighted by Crippen LogP contribution is -2.68. The van der Waals surface area contributed by atoms with E-state index in [-0.39, 0.29) is 22.3 Å². The predicted octanol–water partition coefficient (Wildman–Crippen LogP) is 7.23. The minimum absolute atomic E-state index is 0.0435. The van der Waals surface area contributed by atoms with E-state index in [2.05, 4.69) is 82.3 Å². The molecule has 8 heteroatoms. The molecule has 1 saturated heterocycles. The summed E-state index contributed by atoms with van der Waals surface area (Å²) in [6.07, 6.45) is 14.0. The molecule has 1 aromatic rings. The van der Waals surface area contributed by atoms with Crippen LogP contribution in [0, 0.1) is 51.2 Å². The Kier molecular flexibility index (Phi) is 9.75. The van der Waals surface area contributed by atoms with Crippen LogP contribution in [-0.2, 0) is 14.6 Å². The highest BCUT2D eigenvalue weighted by atomic mass is 32.2. The third kappa shape index (κ3) is 5.90. The van der Waals surface area contributed by atoms with Gasteiger partial charge in [0, 0.05) is 37.8 Å². The Labute approximate surface area is 309 Å². The van der Waals surface area contributed by atoms with Crippen LogP contribution in [0.25, 0.3) is 5.57 Å². The Morgan fingerprint density at radius 3 is 2.29 bits per heavy atom. The van der Waals surface area contributed by atoms with E-state index in [0.717, 1.165) is 19.5 Å². The fourth-order valence-corrected chi connectivity index (χ4v) is 15.4. The van der Waals surface area contributed by atoms with Crippen molar-refractivity contribution in [3.8, 4) is 0 Å². The van der Waals surface area contributed by atoms with Gasteiger partial charge in [0.05, 0.1) is 24.2 Å². The van der Waals surface area contributed by atoms with Gasteiger partial charge < -0.3 is 20.3 Å². The number of hydrogen-bond donors (Lipinski definition) is 2. The van der Waals surface area contributed by atoms with Crippen molar-refractivity contribution in [1.29, 1.82) is 0 Å². The van der Waals surface area contributed by atoms with Crippen LogP contribution in [0.15, 0.2) is 30.3 Å². The van der Waals surface area contributed by atoms with E-state index in [9.17, 15) is 13.2 Å². The van der Waals surface area contributed by atoms with Gasteiger partial charge in [-0.25, -0.2) is 13.2 Å². The van der Waals surface area contributed by atoms with Crippen molar-refractivity contribution < 1.29 is 17.9 Å². The lowest BCUT2D eigenvalue weighted by atomic mass is 9.33. The highest BCUT2D eigenvalue weighted by molar-refractivity contribution is 7.91. The number of ether oxygens (including phenoxy) is 1. The average Bonchev–Trinajstić information content (AvgIpc) is 3.48. The summed E-state index contributed by atoms with van der Waals surface area (Å²) in [6, 6.07) is 8.61. The normalized spacial score (nSPS) is 42.0. The number of rotatable bonds is 8. The van der Waals surface area contributed by atoms with Crippen molar-refractivity contribution in [3.05, 3.63) is 41.5 Å². The molecular weight excluding hydrogens is 655 g/mol. The molecule has 2 N–H and O–H groups in total. The molecule has 7 rings (SSSR count). The summed E-state index contributed by atoms with van der Waals surface area (Å²) >= 11 is 0. The first-order chi connectivity index (χ1) is 24.1. The smallest absolute Gasteiger partial charge is 0.337 e. The van der Waals surface area contributed by atoms with Gasteiger partial charge >= 0.3 is 5.97 Å². The highest BCUT2D eigenvalue weighted by Gasteiger charge is 2.70. The first kappa shape index (κ1) is 37.6. The lowest BCUT2D eigenvalue weighted by Gasteiger charge is -2.72. The van der Waals surface area contributed by atoms with E-state index < -0.39 is 9.84 Å². The van der Waals surface area contributed by atoms with Crippen molar-refractivity contribution in [3.63, 3.8) is 0 Å². The number of fused-ring (bicyclic) bond motifs is 7. The van der Waals surface area contributed by atoms with E-state index in [0.29, 0.717) is 76.6 Å². The van der Waals surface area contributed by atoms with Crippen molar-refractivity contribution in [1.82, 2.24) is 15.5 Å². The summed E-state index contributed by atoms with van der Waals surface area (Å²) < 4.78 is 29.1. The van der Waals surface area contributed by atoms with E-state index in [1.807, 2.05) is 12.1 Å². The summed E-state index contributed by atoms with van der Waals surface area (Å²) in [4.78, 5) is 14.5. The van der Waals surface area contributed by atoms with Crippen LogP contribution in [0.2, 0.25) is 0 Å². The Balaban J connectivity index is 1.15. The number of nitrogens with zero attached hydrogens (tertiary/aromatic N) is 1. The third-order valence-electron chi connectivity index (χ3n) is 17.1. The van der Waals surface area contributed by atoms with Crippen molar-refractivity contribution in [2.45, 2.75) is 111 Å². The fraction of sp³-hybridized carbons (Fsp3) is 0.791. The second kappa shape index (κ2) is 13.2. The number of carbonyl (C=O) groups excluding carboxylic acids is 1. The molecular formula is C43H67N3O4S. The van der Waals surface area contributed by atoms with Crippen molar-refractivity contribution in [2.75, 3.05) is 51.8 Å². The zero-order valence-electron chi connectivity index (χ0n) is 32.9. The Bertz CT molecular complexity index is 1610. The topological polar surface area (TPSA) is 87.7 Å². The standard InChI is InChI=1S/C43H67N3O4S/c1-29(44-7)32-15-20-43(45-23-24-46-25-27-51(48,49)28-26-46)22-21-41(5)34(37(32)43)13-14-36-40(4)18-16-33(30-9-11-31(12-10-30)38(47)50-8)39(2,3)35(40)17-19-42(36,41)6/h9-12,16,29,32,34-37,44-45H,13-15,17-28H2,1-8H3/t29?,32-,34+,35-,36+,37+,40-,41+,42+,43-/m0/s1. The molecule has 1 aromatic carbocycles. The van der Waals surface area contributed by atoms with Gasteiger partial charge in [-0.2, -0.15) is 0 Å². The molecule has 0 radical (unpaired) electrons. The Morgan fingerprint density at radius 2 is 1.63 bits per heavy atom. The number of sulfone groups is 1. The predicted molar refractivity (Wildman–Crippen MR) is 207 cm³/mol. The molecule has 0 bridgehead atoms. The van der Waals surface area contributed by atoms with Crippen LogP contribution < -0.4 is 10.6 Å². The summed E-state index contributed by atoms with van der Waals surface area (Å²) in [7, 11) is 0.745. The van der Waals surface area contributed by atoms with E-state index in [1.165, 1.54) is 69.6 Å². The van der Waals surface area contributed by atoms with E-state index in [1.54, 1.807) is 0 Å². The lowest BCUT2D eigenvalue weighted by molar-refractivity contribution is -0.221. The molecule has 7 nitrogen and oxygen atoms in total. The molecule has 0 amide bonds. The first-order valence-corrected chi connectivity index (χ1v) is 22.1. The largest absolute Gasteiger partial charge is 0.465 e. The van der Waals surface area contributed by atoms with Gasteiger partial charge in [-0.05, 0) is 146 Å². The number of nitrogens with one attached hydrogen (secondary N) is 2. The summed E-state index contributed by atoms with van der Waals surface area (Å²) in [5.74, 6) is 3.68. The molecule has 1 unspecified atom stereocenters. The maximum absolute atomic E-state index is 12.2. The van der Waals surface area contributed by atoms with Gasteiger partial charge in [-0.15, -0.1) is 0 Å². The van der Waals surface area contributed by atoms with E-state index >= 15 is 0 Å². The Morgan fingerprint density at radius 1 is 0.922 bits per heavy atom. The summed E-state index contributed by atoms with van der Waals surface area (Å²) in [5, 5.41) is 7.96. The minimum atomic E-state index is -2.86. The highest BCUT2D eigenvalue weighted by Crippen LogP contribution is 2.76. The zero-order chi connectivity index (χ0) is 36.6. The van der Waals surface area contributed by atoms with Crippen molar-refractivity contribution in [2.24, 2.45) is 51.2 Å². The van der Waals surface area contributed by atoms with Crippen LogP contribution in [0.5, 0.6) is 0 Å². The summed E-state index contributed by atoms with van der Waals surface area (Å²) in [5.41, 5.74) is 4.37. The van der Waals surface area contributed by atoms with Crippen LogP contribution in [0.1, 0.15) is 115 Å². The van der Waals surface area contributed by atoms with Gasteiger partial charge in [-0.1, -0.05) is 52.8 Å². The first-order valence-electron chi connectivity index (χ1n) is 20.3. The molecule has 5 aliphatic carbocycles. The van der Waals surface area contributed by atoms with E-state index in [4.69, 9.17) is 4.74 Å². The number of allylic oxidation sites excluding steroid dienone is 2. The molecule has 6 aliphatic rings. The molecule has 0 aromatic heterocycles. The van der Waals surface area contributed by atoms with Gasteiger partial charge in [0.15, 0.2) is 9.84 Å². The number of esters is 1. The number of benzene rings is 1. The monoisotopic (exact) mass is 721 g/mol. The molecule has 284 valence electrons. The van der Waals surface area contributed by atoms with Crippen molar-refractivity contribution >= 4 is 21.4 Å². The van der Waals surface area contributed by atoms with Crippen LogP contribution in [0.4, 0.5) is 0 Å². The second-order valence-corrected chi connectivity index (χ2v) is 21.5. The van der Waals surface area contributed by atoms with Gasteiger partial charge in [0.1, 0.15) is 0 Å². The molecule has 5 fully saturated rings. The maximum atomic E-state index is 12.2. The maximum Gasteiger partial charge on any atom is 0.337 e.